The molecule has 0 bridgehead atoms. The van der Waals surface area contributed by atoms with E-state index in [4.69, 9.17) is 16.3 Å². The summed E-state index contributed by atoms with van der Waals surface area (Å²) >= 11 is 6.08. The van der Waals surface area contributed by atoms with Gasteiger partial charge in [0.2, 0.25) is 5.88 Å². The third kappa shape index (κ3) is 3.28. The van der Waals surface area contributed by atoms with Crippen LogP contribution >= 0.6 is 11.6 Å². The van der Waals surface area contributed by atoms with Gasteiger partial charge in [0.1, 0.15) is 17.2 Å². The van der Waals surface area contributed by atoms with Crippen LogP contribution in [0.15, 0.2) is 24.5 Å². The van der Waals surface area contributed by atoms with Crippen molar-refractivity contribution < 1.29 is 9.66 Å². The van der Waals surface area contributed by atoms with Crippen molar-refractivity contribution in [2.45, 2.75) is 26.7 Å². The van der Waals surface area contributed by atoms with E-state index in [9.17, 15) is 10.1 Å². The van der Waals surface area contributed by atoms with Crippen LogP contribution < -0.4 is 4.74 Å². The lowest BCUT2D eigenvalue weighted by Gasteiger charge is -2.14. The first-order valence-electron chi connectivity index (χ1n) is 6.33. The van der Waals surface area contributed by atoms with E-state index < -0.39 is 4.92 Å². The molecule has 0 N–H and O–H groups in total. The van der Waals surface area contributed by atoms with Crippen LogP contribution in [0.1, 0.15) is 30.9 Å². The maximum Gasteiger partial charge on any atom is 0.269 e. The van der Waals surface area contributed by atoms with E-state index in [0.29, 0.717) is 27.9 Å². The van der Waals surface area contributed by atoms with Gasteiger partial charge in [0, 0.05) is 12.1 Å². The highest BCUT2D eigenvalue weighted by Crippen LogP contribution is 2.34. The molecule has 7 heteroatoms. The van der Waals surface area contributed by atoms with E-state index in [0.717, 1.165) is 0 Å². The van der Waals surface area contributed by atoms with Crippen molar-refractivity contribution in [3.63, 3.8) is 0 Å². The predicted octanol–water partition coefficient (Wildman–Crippen LogP) is 4.26. The smallest absolute Gasteiger partial charge is 0.269 e. The summed E-state index contributed by atoms with van der Waals surface area (Å²) in [5, 5.41) is 11.1. The first kappa shape index (κ1) is 15.2. The zero-order valence-electron chi connectivity index (χ0n) is 11.8. The first-order valence-corrected chi connectivity index (χ1v) is 6.71. The fourth-order valence-electron chi connectivity index (χ4n) is 1.89. The molecular formula is C14H14ClN3O3. The van der Waals surface area contributed by atoms with Crippen molar-refractivity contribution in [3.05, 3.63) is 50.9 Å². The molecule has 0 aliphatic carbocycles. The molecule has 0 atom stereocenters. The van der Waals surface area contributed by atoms with Crippen molar-refractivity contribution in [2.24, 2.45) is 0 Å². The minimum absolute atomic E-state index is 0.0182. The van der Waals surface area contributed by atoms with Gasteiger partial charge in [-0.05, 0) is 24.5 Å². The Labute approximate surface area is 126 Å². The van der Waals surface area contributed by atoms with Crippen molar-refractivity contribution in [1.29, 1.82) is 0 Å². The Morgan fingerprint density at radius 1 is 1.33 bits per heavy atom. The molecular weight excluding hydrogens is 294 g/mol. The molecule has 110 valence electrons. The van der Waals surface area contributed by atoms with Crippen molar-refractivity contribution >= 4 is 17.3 Å². The molecule has 0 radical (unpaired) electrons. The molecule has 0 aliphatic heterocycles. The highest BCUT2D eigenvalue weighted by atomic mass is 35.5. The molecule has 0 unspecified atom stereocenters. The number of nitro groups is 1. The Balaban J connectivity index is 2.39. The number of nitrogens with zero attached hydrogens (tertiary/aromatic N) is 3. The van der Waals surface area contributed by atoms with Gasteiger partial charge in [-0.15, -0.1) is 0 Å². The number of nitro benzene ring substituents is 1. The quantitative estimate of drug-likeness (QED) is 0.479. The van der Waals surface area contributed by atoms with Gasteiger partial charge in [0.25, 0.3) is 5.69 Å². The molecule has 0 saturated heterocycles. The Morgan fingerprint density at radius 3 is 2.62 bits per heavy atom. The summed E-state index contributed by atoms with van der Waals surface area (Å²) in [7, 11) is 0. The lowest BCUT2D eigenvalue weighted by molar-refractivity contribution is -0.384. The number of non-ortho nitro benzene ring substituents is 1. The van der Waals surface area contributed by atoms with E-state index in [1.807, 2.05) is 13.8 Å². The Kier molecular flexibility index (Phi) is 4.37. The first-order chi connectivity index (χ1) is 9.90. The van der Waals surface area contributed by atoms with Gasteiger partial charge in [-0.1, -0.05) is 25.4 Å². The summed E-state index contributed by atoms with van der Waals surface area (Å²) < 4.78 is 5.76. The molecule has 0 aliphatic rings. The standard InChI is InChI=1S/C14H14ClN3O3/c1-8(2)12-13(15)16-7-17-14(12)21-11-5-4-10(18(19)20)6-9(11)3/h4-8H,1-3H3. The van der Waals surface area contributed by atoms with Crippen LogP contribution in [-0.4, -0.2) is 14.9 Å². The van der Waals surface area contributed by atoms with Crippen LogP contribution in [0.3, 0.4) is 0 Å². The topological polar surface area (TPSA) is 78.2 Å². The number of aromatic nitrogens is 2. The minimum Gasteiger partial charge on any atom is -0.438 e. The lowest BCUT2D eigenvalue weighted by Crippen LogP contribution is -2.00. The molecule has 1 heterocycles. The van der Waals surface area contributed by atoms with Gasteiger partial charge in [0.05, 0.1) is 10.5 Å². The molecule has 21 heavy (non-hydrogen) atoms. The third-order valence-corrected chi connectivity index (χ3v) is 3.25. The predicted molar refractivity (Wildman–Crippen MR) is 79.0 cm³/mol. The molecule has 1 aromatic heterocycles. The molecule has 0 saturated carbocycles. The summed E-state index contributed by atoms with van der Waals surface area (Å²) in [5.41, 5.74) is 1.37. The largest absolute Gasteiger partial charge is 0.438 e. The number of hydrogen-bond donors (Lipinski definition) is 0. The van der Waals surface area contributed by atoms with Crippen molar-refractivity contribution in [3.8, 4) is 11.6 Å². The zero-order valence-corrected chi connectivity index (χ0v) is 12.6. The number of rotatable bonds is 4. The highest BCUT2D eigenvalue weighted by molar-refractivity contribution is 6.30. The molecule has 2 rings (SSSR count). The summed E-state index contributed by atoms with van der Waals surface area (Å²) in [6.45, 7) is 5.65. The monoisotopic (exact) mass is 307 g/mol. The molecule has 1 aromatic carbocycles. The second-order valence-electron chi connectivity index (χ2n) is 4.85. The number of halogens is 1. The van der Waals surface area contributed by atoms with Crippen LogP contribution in [0.2, 0.25) is 5.15 Å². The van der Waals surface area contributed by atoms with Crippen molar-refractivity contribution in [2.75, 3.05) is 0 Å². The SMILES string of the molecule is Cc1cc([N+](=O)[O-])ccc1Oc1ncnc(Cl)c1C(C)C. The average Bonchev–Trinajstić information content (AvgIpc) is 2.40. The molecule has 6 nitrogen and oxygen atoms in total. The summed E-state index contributed by atoms with van der Waals surface area (Å²) in [4.78, 5) is 18.3. The number of ether oxygens (including phenoxy) is 1. The van der Waals surface area contributed by atoms with E-state index in [1.54, 1.807) is 13.0 Å². The van der Waals surface area contributed by atoms with Gasteiger partial charge in [0.15, 0.2) is 0 Å². The second kappa shape index (κ2) is 6.05. The second-order valence-corrected chi connectivity index (χ2v) is 5.20. The lowest BCUT2D eigenvalue weighted by atomic mass is 10.1. The molecule has 2 aromatic rings. The summed E-state index contributed by atoms with van der Waals surface area (Å²) in [6.07, 6.45) is 1.32. The van der Waals surface area contributed by atoms with E-state index in [-0.39, 0.29) is 11.6 Å². The third-order valence-electron chi connectivity index (χ3n) is 2.95. The van der Waals surface area contributed by atoms with Gasteiger partial charge in [-0.25, -0.2) is 9.97 Å². The molecule has 0 spiro atoms. The summed E-state index contributed by atoms with van der Waals surface area (Å²) in [6, 6.07) is 4.39. The van der Waals surface area contributed by atoms with E-state index in [2.05, 4.69) is 9.97 Å². The maximum absolute atomic E-state index is 10.7. The van der Waals surface area contributed by atoms with Crippen LogP contribution in [-0.2, 0) is 0 Å². The highest BCUT2D eigenvalue weighted by Gasteiger charge is 2.17. The van der Waals surface area contributed by atoms with Crippen LogP contribution in [0.4, 0.5) is 5.69 Å². The minimum atomic E-state index is -0.447. The van der Waals surface area contributed by atoms with E-state index in [1.165, 1.54) is 18.5 Å². The number of hydrogen-bond acceptors (Lipinski definition) is 5. The summed E-state index contributed by atoms with van der Waals surface area (Å²) in [5.74, 6) is 0.950. The normalized spacial score (nSPS) is 10.7. The van der Waals surface area contributed by atoms with Gasteiger partial charge >= 0.3 is 0 Å². The van der Waals surface area contributed by atoms with Crippen LogP contribution in [0, 0.1) is 17.0 Å². The maximum atomic E-state index is 10.7. The average molecular weight is 308 g/mol. The molecule has 0 amide bonds. The zero-order chi connectivity index (χ0) is 15.6. The molecule has 0 fully saturated rings. The Bertz CT molecular complexity index is 689. The van der Waals surface area contributed by atoms with Gasteiger partial charge in [-0.3, -0.25) is 10.1 Å². The van der Waals surface area contributed by atoms with Gasteiger partial charge in [-0.2, -0.15) is 0 Å². The van der Waals surface area contributed by atoms with Crippen LogP contribution in [0.25, 0.3) is 0 Å². The Morgan fingerprint density at radius 2 is 2.05 bits per heavy atom. The van der Waals surface area contributed by atoms with Gasteiger partial charge < -0.3 is 4.74 Å². The van der Waals surface area contributed by atoms with Crippen molar-refractivity contribution in [1.82, 2.24) is 9.97 Å². The fraction of sp³-hybridized carbons (Fsp3) is 0.286. The van der Waals surface area contributed by atoms with E-state index >= 15 is 0 Å². The number of aryl methyl sites for hydroxylation is 1. The fourth-order valence-corrected chi connectivity index (χ4v) is 2.23. The Hall–Kier alpha value is -2.21. The number of benzene rings is 1. The van der Waals surface area contributed by atoms with Crippen LogP contribution in [0.5, 0.6) is 11.6 Å².